The number of carbonyl (C=O) groups excluding carboxylic acids is 1. The van der Waals surface area contributed by atoms with Crippen LogP contribution in [0.3, 0.4) is 0 Å². The number of fused-ring (bicyclic) bond motifs is 1. The highest BCUT2D eigenvalue weighted by Crippen LogP contribution is 2.41. The molecule has 2 heterocycles. The van der Waals surface area contributed by atoms with Crippen molar-refractivity contribution >= 4 is 39.4 Å². The van der Waals surface area contributed by atoms with E-state index in [-0.39, 0.29) is 11.2 Å². The highest BCUT2D eigenvalue weighted by molar-refractivity contribution is 9.10. The molecule has 1 aliphatic heterocycles. The van der Waals surface area contributed by atoms with Crippen LogP contribution < -0.4 is 10.1 Å². The number of rotatable bonds is 9. The van der Waals surface area contributed by atoms with Crippen molar-refractivity contribution < 1.29 is 9.53 Å². The Labute approximate surface area is 232 Å². The number of nitrogens with zero attached hydrogens (tertiary/aromatic N) is 3. The lowest BCUT2D eigenvalue weighted by molar-refractivity contribution is -0.114. The molecule has 6 nitrogen and oxygen atoms in total. The van der Waals surface area contributed by atoms with Gasteiger partial charge in [0.1, 0.15) is 18.4 Å². The van der Waals surface area contributed by atoms with E-state index < -0.39 is 6.04 Å². The predicted molar refractivity (Wildman–Crippen MR) is 154 cm³/mol. The van der Waals surface area contributed by atoms with Gasteiger partial charge in [-0.1, -0.05) is 86.1 Å². The molecule has 1 aliphatic rings. The predicted octanol–water partition coefficient (Wildman–Crippen LogP) is 7.69. The van der Waals surface area contributed by atoms with E-state index in [4.69, 9.17) is 14.8 Å². The van der Waals surface area contributed by atoms with E-state index >= 15 is 0 Å². The fourth-order valence-corrected chi connectivity index (χ4v) is 5.66. The van der Waals surface area contributed by atoms with Gasteiger partial charge in [0.25, 0.3) is 0 Å². The molecular weight excluding hydrogens is 548 g/mol. The fraction of sp³-hybridized carbons (Fsp3) is 0.414. The zero-order valence-corrected chi connectivity index (χ0v) is 24.8. The first-order valence-electron chi connectivity index (χ1n) is 12.7. The lowest BCUT2D eigenvalue weighted by atomic mass is 9.87. The summed E-state index contributed by atoms with van der Waals surface area (Å²) in [5.41, 5.74) is 4.77. The Bertz CT molecular complexity index is 1310. The van der Waals surface area contributed by atoms with Gasteiger partial charge in [-0.3, -0.25) is 4.79 Å². The Morgan fingerprint density at radius 1 is 1.19 bits per heavy atom. The summed E-state index contributed by atoms with van der Waals surface area (Å²) >= 11 is 5.26. The third kappa shape index (κ3) is 6.29. The molecule has 1 N–H and O–H groups in total. The Hall–Kier alpha value is -2.58. The molecule has 2 aromatic carbocycles. The van der Waals surface area contributed by atoms with Crippen molar-refractivity contribution in [1.82, 2.24) is 14.8 Å². The maximum atomic E-state index is 12.9. The Morgan fingerprint density at radius 3 is 2.57 bits per heavy atom. The summed E-state index contributed by atoms with van der Waals surface area (Å²) in [4.78, 5) is 17.6. The summed E-state index contributed by atoms with van der Waals surface area (Å²) in [7, 11) is 0. The minimum Gasteiger partial charge on any atom is -0.489 e. The molecule has 196 valence electrons. The summed E-state index contributed by atoms with van der Waals surface area (Å²) in [6.45, 7) is 12.7. The molecule has 0 spiro atoms. The summed E-state index contributed by atoms with van der Waals surface area (Å²) in [6, 6.07) is 14.0. The van der Waals surface area contributed by atoms with E-state index in [2.05, 4.69) is 73.2 Å². The third-order valence-electron chi connectivity index (χ3n) is 6.42. The van der Waals surface area contributed by atoms with E-state index in [1.165, 1.54) is 5.56 Å². The van der Waals surface area contributed by atoms with Gasteiger partial charge in [0, 0.05) is 27.1 Å². The summed E-state index contributed by atoms with van der Waals surface area (Å²) in [5.74, 6) is 2.29. The third-order valence-corrected chi connectivity index (χ3v) is 7.84. The minimum atomic E-state index is -0.447. The number of hydrogen-bond acceptors (Lipinski definition) is 6. The number of allylic oxidation sites excluding steroid dienone is 2. The van der Waals surface area contributed by atoms with Gasteiger partial charge in [-0.15, -0.1) is 5.10 Å². The molecule has 0 amide bonds. The first-order valence-corrected chi connectivity index (χ1v) is 14.5. The molecule has 8 heteroatoms. The number of benzene rings is 2. The van der Waals surface area contributed by atoms with Crippen molar-refractivity contribution in [3.8, 4) is 5.75 Å². The number of carbonyl (C=O) groups is 1. The highest BCUT2D eigenvalue weighted by Gasteiger charge is 2.34. The smallest absolute Gasteiger partial charge is 0.227 e. The van der Waals surface area contributed by atoms with E-state index in [0.717, 1.165) is 39.9 Å². The maximum absolute atomic E-state index is 12.9. The van der Waals surface area contributed by atoms with E-state index in [9.17, 15) is 4.79 Å². The molecule has 0 fully saturated rings. The van der Waals surface area contributed by atoms with E-state index in [1.807, 2.05) is 29.8 Å². The molecular formula is C29H35BrN4O2S. The Kier molecular flexibility index (Phi) is 8.49. The molecule has 0 saturated heterocycles. The molecule has 4 rings (SSSR count). The number of aromatic nitrogens is 3. The Morgan fingerprint density at radius 2 is 1.92 bits per heavy atom. The number of ketones is 1. The number of Topliss-reactive ketones (excluding diaryl/α,β-unsaturated/α-hetero) is 1. The van der Waals surface area contributed by atoms with Gasteiger partial charge in [-0.2, -0.15) is 4.98 Å². The van der Waals surface area contributed by atoms with Gasteiger partial charge in [0.15, 0.2) is 5.78 Å². The van der Waals surface area contributed by atoms with Crippen LogP contribution in [0.1, 0.15) is 77.1 Å². The average molecular weight is 584 g/mol. The molecule has 1 unspecified atom stereocenters. The lowest BCUT2D eigenvalue weighted by Crippen LogP contribution is -2.28. The van der Waals surface area contributed by atoms with E-state index in [0.29, 0.717) is 29.0 Å². The zero-order chi connectivity index (χ0) is 26.7. The normalized spacial score (nSPS) is 15.4. The SMILES string of the molecule is CCCCSc1nc2n(n1)C(c1cc(Br)ccc1OCc1ccc(C(C)(C)C)cc1)C(C(C)=O)=C(C)N2. The van der Waals surface area contributed by atoms with Crippen molar-refractivity contribution in [3.63, 3.8) is 0 Å². The number of halogens is 1. The fourth-order valence-electron chi connectivity index (χ4n) is 4.37. The zero-order valence-electron chi connectivity index (χ0n) is 22.4. The second-order valence-corrected chi connectivity index (χ2v) is 12.4. The largest absolute Gasteiger partial charge is 0.489 e. The van der Waals surface area contributed by atoms with Crippen molar-refractivity contribution in [2.75, 3.05) is 11.1 Å². The first-order chi connectivity index (χ1) is 17.6. The van der Waals surface area contributed by atoms with Gasteiger partial charge in [0.2, 0.25) is 11.1 Å². The van der Waals surface area contributed by atoms with Crippen LogP contribution in [0.2, 0.25) is 0 Å². The molecule has 37 heavy (non-hydrogen) atoms. The number of anilines is 1. The van der Waals surface area contributed by atoms with Crippen LogP contribution in [-0.2, 0) is 16.8 Å². The molecule has 0 bridgehead atoms. The van der Waals surface area contributed by atoms with Gasteiger partial charge >= 0.3 is 0 Å². The number of nitrogens with one attached hydrogen (secondary N) is 1. The maximum Gasteiger partial charge on any atom is 0.227 e. The summed E-state index contributed by atoms with van der Waals surface area (Å²) < 4.78 is 9.11. The first kappa shape index (κ1) is 27.5. The van der Waals surface area contributed by atoms with Crippen molar-refractivity contribution in [1.29, 1.82) is 0 Å². The van der Waals surface area contributed by atoms with Crippen LogP contribution >= 0.6 is 27.7 Å². The second kappa shape index (κ2) is 11.4. The Balaban J connectivity index is 1.70. The van der Waals surface area contributed by atoms with Gasteiger partial charge in [0.05, 0.1) is 0 Å². The van der Waals surface area contributed by atoms with E-state index in [1.54, 1.807) is 18.7 Å². The topological polar surface area (TPSA) is 69.0 Å². The average Bonchev–Trinajstić information content (AvgIpc) is 3.24. The number of ether oxygens (including phenoxy) is 1. The standard InChI is InChI=1S/C29H35BrN4O2S/c1-7-8-15-37-28-32-27-31-18(2)25(19(3)35)26(34(27)33-28)23-16-22(30)13-14-24(23)36-17-20-9-11-21(12-10-20)29(4,5)6/h9-14,16,26H,7-8,15,17H2,1-6H3,(H,31,32,33). The number of hydrogen-bond donors (Lipinski definition) is 1. The van der Waals surface area contributed by atoms with Crippen LogP contribution in [0, 0.1) is 0 Å². The van der Waals surface area contributed by atoms with Gasteiger partial charge < -0.3 is 10.1 Å². The molecule has 1 aromatic heterocycles. The molecule has 0 aliphatic carbocycles. The number of thioether (sulfide) groups is 1. The second-order valence-electron chi connectivity index (χ2n) is 10.4. The van der Waals surface area contributed by atoms with Crippen molar-refractivity contribution in [3.05, 3.63) is 74.9 Å². The number of unbranched alkanes of at least 4 members (excludes halogenated alkanes) is 1. The van der Waals surface area contributed by atoms with Gasteiger partial charge in [-0.25, -0.2) is 4.68 Å². The molecule has 3 aromatic rings. The monoisotopic (exact) mass is 582 g/mol. The molecule has 1 atom stereocenters. The highest BCUT2D eigenvalue weighted by atomic mass is 79.9. The summed E-state index contributed by atoms with van der Waals surface area (Å²) in [5, 5.41) is 8.82. The molecule has 0 saturated carbocycles. The minimum absolute atomic E-state index is 0.0139. The van der Waals surface area contributed by atoms with Crippen molar-refractivity contribution in [2.24, 2.45) is 0 Å². The lowest BCUT2D eigenvalue weighted by Gasteiger charge is -2.29. The van der Waals surface area contributed by atoms with Crippen LogP contribution in [-0.4, -0.2) is 26.3 Å². The molecule has 0 radical (unpaired) electrons. The van der Waals surface area contributed by atoms with Crippen molar-refractivity contribution in [2.45, 2.75) is 77.6 Å². The quantitative estimate of drug-likeness (QED) is 0.206. The van der Waals surface area contributed by atoms with Crippen LogP contribution in [0.25, 0.3) is 0 Å². The van der Waals surface area contributed by atoms with Crippen LogP contribution in [0.5, 0.6) is 5.75 Å². The summed E-state index contributed by atoms with van der Waals surface area (Å²) in [6.07, 6.45) is 2.22. The van der Waals surface area contributed by atoms with Gasteiger partial charge in [-0.05, 0) is 55.0 Å². The van der Waals surface area contributed by atoms with Crippen LogP contribution in [0.4, 0.5) is 5.95 Å². The van der Waals surface area contributed by atoms with Crippen LogP contribution in [0.15, 0.2) is 63.4 Å².